The van der Waals surface area contributed by atoms with Gasteiger partial charge in [0.15, 0.2) is 0 Å². The first-order valence-electron chi connectivity index (χ1n) is 6.94. The van der Waals surface area contributed by atoms with E-state index in [1.165, 1.54) is 19.3 Å². The minimum atomic E-state index is 0.906. The highest BCUT2D eigenvalue weighted by atomic mass is 127. The van der Waals surface area contributed by atoms with Crippen LogP contribution in [0.1, 0.15) is 4.88 Å². The quantitative estimate of drug-likeness (QED) is 0.735. The van der Waals surface area contributed by atoms with Gasteiger partial charge in [0, 0.05) is 42.1 Å². The zero-order valence-corrected chi connectivity index (χ0v) is 15.4. The van der Waals surface area contributed by atoms with Gasteiger partial charge in [-0.3, -0.25) is 0 Å². The Labute approximate surface area is 146 Å². The molecule has 0 aliphatic carbocycles. The molecule has 1 fully saturated rings. The van der Waals surface area contributed by atoms with Crippen LogP contribution in [-0.2, 0) is 6.42 Å². The molecule has 112 valence electrons. The summed E-state index contributed by atoms with van der Waals surface area (Å²) in [6, 6.07) is 6.43. The fraction of sp³-hybridized carbons (Fsp3) is 0.429. The smallest absolute Gasteiger partial charge is 0.134 e. The van der Waals surface area contributed by atoms with Gasteiger partial charge in [-0.1, -0.05) is 0 Å². The molecular formula is C14H17IN4S2. The lowest BCUT2D eigenvalue weighted by molar-refractivity contribution is 0.834. The van der Waals surface area contributed by atoms with E-state index in [1.807, 2.05) is 23.1 Å². The van der Waals surface area contributed by atoms with Crippen molar-refractivity contribution in [3.63, 3.8) is 0 Å². The third kappa shape index (κ3) is 4.46. The summed E-state index contributed by atoms with van der Waals surface area (Å²) in [7, 11) is 0. The van der Waals surface area contributed by atoms with Gasteiger partial charge in [-0.15, -0.1) is 11.3 Å². The van der Waals surface area contributed by atoms with Crippen molar-refractivity contribution in [1.29, 1.82) is 0 Å². The van der Waals surface area contributed by atoms with Gasteiger partial charge in [-0.05, 0) is 41.1 Å². The monoisotopic (exact) mass is 432 g/mol. The lowest BCUT2D eigenvalue weighted by Crippen LogP contribution is -2.33. The van der Waals surface area contributed by atoms with Gasteiger partial charge < -0.3 is 10.2 Å². The standard InChI is InChI=1S/C14H17IN4S2/c15-12-2-1-11(21-12)3-4-16-13-9-14(18-10-17-13)19-5-7-20-8-6-19/h1-2,9-10H,3-8H2,(H,16,17,18). The summed E-state index contributed by atoms with van der Waals surface area (Å²) >= 11 is 6.23. The molecule has 0 aromatic carbocycles. The van der Waals surface area contributed by atoms with Gasteiger partial charge in [-0.25, -0.2) is 9.97 Å². The second-order valence-corrected chi connectivity index (χ2v) is 9.03. The van der Waals surface area contributed by atoms with E-state index >= 15 is 0 Å². The summed E-state index contributed by atoms with van der Waals surface area (Å²) in [5.74, 6) is 4.33. The van der Waals surface area contributed by atoms with Crippen molar-refractivity contribution in [2.24, 2.45) is 0 Å². The Kier molecular flexibility index (Phi) is 5.59. The first kappa shape index (κ1) is 15.4. The molecule has 0 spiro atoms. The third-order valence-electron chi connectivity index (χ3n) is 3.29. The number of thioether (sulfide) groups is 1. The molecule has 2 aromatic heterocycles. The van der Waals surface area contributed by atoms with Crippen molar-refractivity contribution in [2.75, 3.05) is 41.4 Å². The van der Waals surface area contributed by atoms with Crippen molar-refractivity contribution >= 4 is 57.3 Å². The molecule has 1 N–H and O–H groups in total. The summed E-state index contributed by atoms with van der Waals surface area (Å²) < 4.78 is 1.34. The number of nitrogens with zero attached hydrogens (tertiary/aromatic N) is 3. The van der Waals surface area contributed by atoms with Crippen LogP contribution in [0.2, 0.25) is 0 Å². The lowest BCUT2D eigenvalue weighted by Gasteiger charge is -2.27. The van der Waals surface area contributed by atoms with Crippen LogP contribution in [0.15, 0.2) is 24.5 Å². The summed E-state index contributed by atoms with van der Waals surface area (Å²) in [4.78, 5) is 12.5. The molecule has 0 amide bonds. The second kappa shape index (κ2) is 7.64. The van der Waals surface area contributed by atoms with Gasteiger partial charge in [0.2, 0.25) is 0 Å². The van der Waals surface area contributed by atoms with E-state index in [9.17, 15) is 0 Å². The molecule has 21 heavy (non-hydrogen) atoms. The maximum Gasteiger partial charge on any atom is 0.134 e. The third-order valence-corrected chi connectivity index (χ3v) is 6.19. The van der Waals surface area contributed by atoms with Crippen LogP contribution in [0.3, 0.4) is 0 Å². The zero-order chi connectivity index (χ0) is 14.5. The minimum Gasteiger partial charge on any atom is -0.370 e. The Morgan fingerprint density at radius 2 is 2.10 bits per heavy atom. The fourth-order valence-corrected chi connectivity index (χ4v) is 4.87. The fourth-order valence-electron chi connectivity index (χ4n) is 2.21. The molecule has 7 heteroatoms. The van der Waals surface area contributed by atoms with Crippen LogP contribution in [0.5, 0.6) is 0 Å². The van der Waals surface area contributed by atoms with Gasteiger partial charge >= 0.3 is 0 Å². The average Bonchev–Trinajstić information content (AvgIpc) is 2.94. The van der Waals surface area contributed by atoms with Gasteiger partial charge in [0.1, 0.15) is 18.0 Å². The van der Waals surface area contributed by atoms with Crippen LogP contribution in [0.4, 0.5) is 11.6 Å². The van der Waals surface area contributed by atoms with Crippen molar-refractivity contribution in [2.45, 2.75) is 6.42 Å². The first-order valence-corrected chi connectivity index (χ1v) is 9.99. The van der Waals surface area contributed by atoms with Crippen LogP contribution in [-0.4, -0.2) is 41.1 Å². The van der Waals surface area contributed by atoms with Crippen LogP contribution >= 0.6 is 45.7 Å². The minimum absolute atomic E-state index is 0.906. The predicted molar refractivity (Wildman–Crippen MR) is 101 cm³/mol. The molecule has 4 nitrogen and oxygen atoms in total. The number of aromatic nitrogens is 2. The van der Waals surface area contributed by atoms with E-state index in [0.717, 1.165) is 37.7 Å². The Morgan fingerprint density at radius 3 is 2.86 bits per heavy atom. The SMILES string of the molecule is Ic1ccc(CCNc2cc(N3CCSCC3)ncn2)s1. The number of hydrogen-bond donors (Lipinski definition) is 1. The maximum atomic E-state index is 4.40. The first-order chi connectivity index (χ1) is 10.3. The van der Waals surface area contributed by atoms with Crippen molar-refractivity contribution in [1.82, 2.24) is 9.97 Å². The van der Waals surface area contributed by atoms with Crippen molar-refractivity contribution < 1.29 is 0 Å². The lowest BCUT2D eigenvalue weighted by atomic mass is 10.3. The summed E-state index contributed by atoms with van der Waals surface area (Å²) in [6.07, 6.45) is 2.70. The molecule has 1 aliphatic heterocycles. The molecule has 1 saturated heterocycles. The molecule has 3 rings (SSSR count). The highest BCUT2D eigenvalue weighted by Crippen LogP contribution is 2.20. The van der Waals surface area contributed by atoms with Crippen molar-refractivity contribution in [3.05, 3.63) is 32.3 Å². The van der Waals surface area contributed by atoms with Gasteiger partial charge in [0.25, 0.3) is 0 Å². The molecule has 0 bridgehead atoms. The maximum absolute atomic E-state index is 4.40. The van der Waals surface area contributed by atoms with Gasteiger partial charge in [0.05, 0.1) is 2.88 Å². The highest BCUT2D eigenvalue weighted by Gasteiger charge is 2.12. The Balaban J connectivity index is 1.55. The molecule has 0 saturated carbocycles. The highest BCUT2D eigenvalue weighted by molar-refractivity contribution is 14.1. The Morgan fingerprint density at radius 1 is 1.24 bits per heavy atom. The number of halogens is 1. The number of anilines is 2. The van der Waals surface area contributed by atoms with Crippen LogP contribution in [0, 0.1) is 2.88 Å². The van der Waals surface area contributed by atoms with E-state index in [0.29, 0.717) is 0 Å². The predicted octanol–water partition coefficient (Wildman–Crippen LogP) is 3.35. The molecule has 3 heterocycles. The average molecular weight is 432 g/mol. The van der Waals surface area contributed by atoms with E-state index in [4.69, 9.17) is 0 Å². The summed E-state index contributed by atoms with van der Waals surface area (Å²) in [5.41, 5.74) is 0. The van der Waals surface area contributed by atoms with Crippen LogP contribution in [0.25, 0.3) is 0 Å². The van der Waals surface area contributed by atoms with E-state index < -0.39 is 0 Å². The molecule has 0 radical (unpaired) electrons. The molecule has 1 aliphatic rings. The number of nitrogens with one attached hydrogen (secondary N) is 1. The molecule has 2 aromatic rings. The number of thiophene rings is 1. The largest absolute Gasteiger partial charge is 0.370 e. The zero-order valence-electron chi connectivity index (χ0n) is 11.6. The molecule has 0 atom stereocenters. The topological polar surface area (TPSA) is 41.0 Å². The van der Waals surface area contributed by atoms with E-state index in [2.05, 4.69) is 61.0 Å². The Bertz CT molecular complexity index is 584. The summed E-state index contributed by atoms with van der Waals surface area (Å²) in [6.45, 7) is 3.06. The molecular weight excluding hydrogens is 415 g/mol. The number of hydrogen-bond acceptors (Lipinski definition) is 6. The Hall–Kier alpha value is -0.540. The normalized spacial score (nSPS) is 15.2. The molecule has 0 unspecified atom stereocenters. The van der Waals surface area contributed by atoms with Crippen LogP contribution < -0.4 is 10.2 Å². The second-order valence-electron chi connectivity index (χ2n) is 4.74. The van der Waals surface area contributed by atoms with E-state index in [1.54, 1.807) is 6.33 Å². The van der Waals surface area contributed by atoms with Crippen molar-refractivity contribution in [3.8, 4) is 0 Å². The summed E-state index contributed by atoms with van der Waals surface area (Å²) in [5, 5.41) is 3.40. The van der Waals surface area contributed by atoms with E-state index in [-0.39, 0.29) is 0 Å². The van der Waals surface area contributed by atoms with Gasteiger partial charge in [-0.2, -0.15) is 11.8 Å². The number of rotatable bonds is 5.